The summed E-state index contributed by atoms with van der Waals surface area (Å²) in [6, 6.07) is 7.63. The van der Waals surface area contributed by atoms with Crippen LogP contribution in [0, 0.1) is 0 Å². The van der Waals surface area contributed by atoms with Crippen molar-refractivity contribution in [2.45, 2.75) is 81.3 Å². The lowest BCUT2D eigenvalue weighted by Crippen LogP contribution is -2.56. The van der Waals surface area contributed by atoms with Crippen molar-refractivity contribution in [2.24, 2.45) is 0 Å². The van der Waals surface area contributed by atoms with Crippen molar-refractivity contribution < 1.29 is 14.3 Å². The van der Waals surface area contributed by atoms with Crippen LogP contribution in [0.4, 0.5) is 10.6 Å². The van der Waals surface area contributed by atoms with Crippen LogP contribution in [0.3, 0.4) is 0 Å². The van der Waals surface area contributed by atoms with Crippen LogP contribution >= 0.6 is 11.6 Å². The summed E-state index contributed by atoms with van der Waals surface area (Å²) in [5, 5.41) is 4.40. The molecule has 1 amide bonds. The van der Waals surface area contributed by atoms with Crippen molar-refractivity contribution in [1.82, 2.24) is 20.2 Å². The van der Waals surface area contributed by atoms with Gasteiger partial charge in [-0.05, 0) is 81.5 Å². The predicted octanol–water partition coefficient (Wildman–Crippen LogP) is 4.61. The molecular weight excluding hydrogens is 526 g/mol. The number of aromatic nitrogens is 2. The minimum atomic E-state index is -0.255. The van der Waals surface area contributed by atoms with Gasteiger partial charge in [-0.1, -0.05) is 36.4 Å². The molecule has 1 aromatic carbocycles. The van der Waals surface area contributed by atoms with Gasteiger partial charge < -0.3 is 24.6 Å². The highest BCUT2D eigenvalue weighted by molar-refractivity contribution is 6.31. The molecule has 8 nitrogen and oxygen atoms in total. The summed E-state index contributed by atoms with van der Waals surface area (Å²) in [6.07, 6.45) is 10.7. The van der Waals surface area contributed by atoms with Crippen LogP contribution in [0.15, 0.2) is 30.9 Å². The van der Waals surface area contributed by atoms with Crippen molar-refractivity contribution in [2.75, 3.05) is 37.7 Å². The van der Waals surface area contributed by atoms with E-state index in [1.165, 1.54) is 23.1 Å². The van der Waals surface area contributed by atoms with Crippen molar-refractivity contribution in [3.8, 4) is 6.01 Å². The maximum atomic E-state index is 12.7. The van der Waals surface area contributed by atoms with Crippen molar-refractivity contribution in [1.29, 1.82) is 0 Å². The summed E-state index contributed by atoms with van der Waals surface area (Å²) in [4.78, 5) is 27.2. The summed E-state index contributed by atoms with van der Waals surface area (Å²) < 4.78 is 11.7. The molecule has 40 heavy (non-hydrogen) atoms. The smallest absolute Gasteiger partial charge is 0.410 e. The molecular formula is C31H38ClN5O3. The average molecular weight is 564 g/mol. The first-order valence-electron chi connectivity index (χ1n) is 14.9. The van der Waals surface area contributed by atoms with Gasteiger partial charge in [-0.25, -0.2) is 4.79 Å². The highest BCUT2D eigenvalue weighted by atomic mass is 35.5. The average Bonchev–Trinajstić information content (AvgIpc) is 3.67. The number of carbonyl (C=O) groups excluding carboxylic acids is 1. The number of piperazine rings is 1. The molecule has 3 aliphatic heterocycles. The molecule has 1 N–H and O–H groups in total. The van der Waals surface area contributed by atoms with Gasteiger partial charge in [0.05, 0.1) is 5.69 Å². The Bertz CT molecular complexity index is 1300. The fourth-order valence-electron chi connectivity index (χ4n) is 7.89. The van der Waals surface area contributed by atoms with E-state index in [9.17, 15) is 4.79 Å². The standard InChI is InChI=1S/C31H38ClN5O3/c1-2-15-39-30(38)36-17-21-8-9-22(18-36)37(21)28-24-11-13-31(12-10-23-25(31)6-3-7-26(23)32)16-27(24)34-29(35-28)40-19-20-5-4-14-33-20/h2-3,6-7,20-22,33H,1,4-5,8-19H2/t20-,21?,22?,31?/m0/s1. The molecule has 212 valence electrons. The van der Waals surface area contributed by atoms with E-state index in [1.807, 2.05) is 11.0 Å². The fourth-order valence-corrected chi connectivity index (χ4v) is 8.16. The van der Waals surface area contributed by atoms with Gasteiger partial charge in [0.25, 0.3) is 0 Å². The first-order valence-corrected chi connectivity index (χ1v) is 15.3. The Kier molecular flexibility index (Phi) is 6.87. The van der Waals surface area contributed by atoms with E-state index < -0.39 is 0 Å². The molecule has 3 saturated heterocycles. The SMILES string of the molecule is C=CCOC(=O)N1CC2CCC(C1)N2c1nc(OC[C@@H]2CCCN2)nc2c1CCC1(CCc3c(Cl)cccc31)C2. The van der Waals surface area contributed by atoms with Crippen LogP contribution < -0.4 is 15.0 Å². The Hall–Kier alpha value is -2.84. The lowest BCUT2D eigenvalue weighted by atomic mass is 9.69. The molecule has 4 atom stereocenters. The molecule has 5 aliphatic rings. The van der Waals surface area contributed by atoms with E-state index in [-0.39, 0.29) is 30.2 Å². The number of anilines is 1. The minimum absolute atomic E-state index is 0.0652. The third kappa shape index (κ3) is 4.53. The molecule has 3 unspecified atom stereocenters. The third-order valence-corrected chi connectivity index (χ3v) is 10.2. The second-order valence-corrected chi connectivity index (χ2v) is 12.6. The number of nitrogens with one attached hydrogen (secondary N) is 1. The molecule has 0 radical (unpaired) electrons. The summed E-state index contributed by atoms with van der Waals surface area (Å²) in [5.41, 5.74) is 5.14. The number of hydrogen-bond donors (Lipinski definition) is 1. The first kappa shape index (κ1) is 26.1. The zero-order chi connectivity index (χ0) is 27.3. The molecule has 1 spiro atoms. The second kappa shape index (κ2) is 10.5. The maximum Gasteiger partial charge on any atom is 0.410 e. The zero-order valence-electron chi connectivity index (χ0n) is 23.0. The number of hydrogen-bond acceptors (Lipinski definition) is 7. The molecule has 7 rings (SSSR count). The lowest BCUT2D eigenvalue weighted by Gasteiger charge is -2.43. The number of amides is 1. The van der Waals surface area contributed by atoms with Crippen LogP contribution in [0.5, 0.6) is 6.01 Å². The molecule has 0 saturated carbocycles. The monoisotopic (exact) mass is 563 g/mol. The fraction of sp³-hybridized carbons (Fsp3) is 0.581. The van der Waals surface area contributed by atoms with Crippen molar-refractivity contribution >= 4 is 23.5 Å². The molecule has 4 heterocycles. The number of rotatable bonds is 6. The van der Waals surface area contributed by atoms with Crippen LogP contribution in [0.25, 0.3) is 0 Å². The van der Waals surface area contributed by atoms with Gasteiger partial charge in [0.1, 0.15) is 19.0 Å². The van der Waals surface area contributed by atoms with Crippen LogP contribution in [-0.2, 0) is 29.4 Å². The zero-order valence-corrected chi connectivity index (χ0v) is 23.8. The maximum absolute atomic E-state index is 12.7. The second-order valence-electron chi connectivity index (χ2n) is 12.1. The summed E-state index contributed by atoms with van der Waals surface area (Å²) >= 11 is 6.63. The first-order chi connectivity index (χ1) is 19.5. The van der Waals surface area contributed by atoms with Crippen molar-refractivity contribution in [3.63, 3.8) is 0 Å². The number of halogens is 1. The van der Waals surface area contributed by atoms with Crippen LogP contribution in [-0.4, -0.2) is 71.9 Å². The Morgan fingerprint density at radius 2 is 1.95 bits per heavy atom. The largest absolute Gasteiger partial charge is 0.462 e. The number of likely N-dealkylation sites (tertiary alicyclic amines) is 1. The Morgan fingerprint density at radius 1 is 1.15 bits per heavy atom. The Balaban J connectivity index is 1.21. The highest BCUT2D eigenvalue weighted by Crippen LogP contribution is 2.51. The number of carbonyl (C=O) groups is 1. The number of ether oxygens (including phenoxy) is 2. The normalized spacial score (nSPS) is 28.5. The van der Waals surface area contributed by atoms with Gasteiger partial charge in [-0.3, -0.25) is 0 Å². The molecule has 9 heteroatoms. The Labute approximate surface area is 241 Å². The third-order valence-electron chi connectivity index (χ3n) is 9.84. The molecule has 2 aliphatic carbocycles. The van der Waals surface area contributed by atoms with E-state index in [0.717, 1.165) is 74.4 Å². The van der Waals surface area contributed by atoms with Crippen molar-refractivity contribution in [3.05, 3.63) is 58.3 Å². The topological polar surface area (TPSA) is 79.8 Å². The van der Waals surface area contributed by atoms with Gasteiger partial charge in [-0.15, -0.1) is 0 Å². The van der Waals surface area contributed by atoms with E-state index in [1.54, 1.807) is 6.08 Å². The molecule has 1 aromatic heterocycles. The molecule has 3 fully saturated rings. The lowest BCUT2D eigenvalue weighted by molar-refractivity contribution is 0.103. The minimum Gasteiger partial charge on any atom is -0.462 e. The summed E-state index contributed by atoms with van der Waals surface area (Å²) in [7, 11) is 0. The summed E-state index contributed by atoms with van der Waals surface area (Å²) in [5.74, 6) is 1.02. The van der Waals surface area contributed by atoms with Crippen LogP contribution in [0.2, 0.25) is 5.02 Å². The predicted molar refractivity (Wildman–Crippen MR) is 154 cm³/mol. The van der Waals surface area contributed by atoms with Gasteiger partial charge in [0.15, 0.2) is 0 Å². The number of fused-ring (bicyclic) bond motifs is 5. The van der Waals surface area contributed by atoms with E-state index in [2.05, 4.69) is 28.9 Å². The van der Waals surface area contributed by atoms with Crippen LogP contribution in [0.1, 0.15) is 60.9 Å². The van der Waals surface area contributed by atoms with Gasteiger partial charge in [0.2, 0.25) is 0 Å². The van der Waals surface area contributed by atoms with E-state index in [4.69, 9.17) is 31.0 Å². The number of benzene rings is 1. The van der Waals surface area contributed by atoms with Gasteiger partial charge >= 0.3 is 12.1 Å². The number of nitrogens with zero attached hydrogens (tertiary/aromatic N) is 4. The van der Waals surface area contributed by atoms with Gasteiger partial charge in [0, 0.05) is 47.2 Å². The quantitative estimate of drug-likeness (QED) is 0.514. The summed E-state index contributed by atoms with van der Waals surface area (Å²) in [6.45, 7) is 6.80. The van der Waals surface area contributed by atoms with E-state index in [0.29, 0.717) is 31.7 Å². The molecule has 2 bridgehead atoms. The Morgan fingerprint density at radius 3 is 2.70 bits per heavy atom. The van der Waals surface area contributed by atoms with Gasteiger partial charge in [-0.2, -0.15) is 9.97 Å². The molecule has 2 aromatic rings. The van der Waals surface area contributed by atoms with E-state index >= 15 is 0 Å². The highest BCUT2D eigenvalue weighted by Gasteiger charge is 2.47.